The molecule has 0 aromatic heterocycles. The van der Waals surface area contributed by atoms with E-state index in [0.717, 1.165) is 24.5 Å². The van der Waals surface area contributed by atoms with E-state index in [4.69, 9.17) is 9.84 Å². The van der Waals surface area contributed by atoms with E-state index in [-0.39, 0.29) is 18.9 Å². The Balaban J connectivity index is 1.88. The number of hydrogen-bond acceptors (Lipinski definition) is 4. The van der Waals surface area contributed by atoms with E-state index in [1.165, 1.54) is 0 Å². The van der Waals surface area contributed by atoms with Crippen molar-refractivity contribution in [2.75, 3.05) is 42.6 Å². The predicted molar refractivity (Wildman–Crippen MR) is 77.6 cm³/mol. The zero-order chi connectivity index (χ0) is 14.8. The van der Waals surface area contributed by atoms with E-state index >= 15 is 0 Å². The molecular formula is C15H18N2O4. The van der Waals surface area contributed by atoms with Crippen molar-refractivity contribution < 1.29 is 19.4 Å². The molecule has 1 aromatic carbocycles. The lowest BCUT2D eigenvalue weighted by atomic mass is 10.1. The number of hydrogen-bond donors (Lipinski definition) is 1. The molecular weight excluding hydrogens is 272 g/mol. The van der Waals surface area contributed by atoms with Gasteiger partial charge in [0.2, 0.25) is 5.91 Å². The van der Waals surface area contributed by atoms with Gasteiger partial charge in [-0.15, -0.1) is 0 Å². The van der Waals surface area contributed by atoms with Crippen LogP contribution >= 0.6 is 0 Å². The third kappa shape index (κ3) is 2.71. The lowest BCUT2D eigenvalue weighted by Crippen LogP contribution is -2.38. The molecule has 0 unspecified atom stereocenters. The molecule has 2 fully saturated rings. The third-order valence-corrected chi connectivity index (χ3v) is 4.00. The summed E-state index contributed by atoms with van der Waals surface area (Å²) in [6.07, 6.45) is 0.0762. The van der Waals surface area contributed by atoms with Gasteiger partial charge in [-0.1, -0.05) is 12.1 Å². The Morgan fingerprint density at radius 2 is 1.86 bits per heavy atom. The minimum atomic E-state index is -0.908. The average molecular weight is 290 g/mol. The van der Waals surface area contributed by atoms with E-state index in [1.807, 2.05) is 24.3 Å². The van der Waals surface area contributed by atoms with E-state index in [2.05, 4.69) is 4.90 Å². The molecule has 6 nitrogen and oxygen atoms in total. The van der Waals surface area contributed by atoms with Crippen LogP contribution in [-0.2, 0) is 14.3 Å². The summed E-state index contributed by atoms with van der Waals surface area (Å²) >= 11 is 0. The SMILES string of the molecule is O=C(O)[C@@H]1CC(=O)N(c2ccccc2N2CCOCC2)C1. The Morgan fingerprint density at radius 3 is 2.48 bits per heavy atom. The maximum Gasteiger partial charge on any atom is 0.308 e. The van der Waals surface area contributed by atoms with E-state index < -0.39 is 11.9 Å². The highest BCUT2D eigenvalue weighted by molar-refractivity contribution is 6.01. The van der Waals surface area contributed by atoms with E-state index in [0.29, 0.717) is 13.2 Å². The van der Waals surface area contributed by atoms with E-state index in [1.54, 1.807) is 4.90 Å². The van der Waals surface area contributed by atoms with Crippen LogP contribution < -0.4 is 9.80 Å². The fourth-order valence-corrected chi connectivity index (χ4v) is 2.87. The van der Waals surface area contributed by atoms with Crippen LogP contribution in [-0.4, -0.2) is 49.8 Å². The Hall–Kier alpha value is -2.08. The molecule has 1 aromatic rings. The van der Waals surface area contributed by atoms with Crippen molar-refractivity contribution >= 4 is 23.3 Å². The van der Waals surface area contributed by atoms with Gasteiger partial charge in [-0.05, 0) is 12.1 Å². The first kappa shape index (κ1) is 13.9. The number of aliphatic carboxylic acids is 1. The van der Waals surface area contributed by atoms with Crippen molar-refractivity contribution in [1.29, 1.82) is 0 Å². The number of ether oxygens (including phenoxy) is 1. The van der Waals surface area contributed by atoms with Gasteiger partial charge < -0.3 is 19.6 Å². The molecule has 21 heavy (non-hydrogen) atoms. The molecule has 1 atom stereocenters. The summed E-state index contributed by atoms with van der Waals surface area (Å²) in [5.41, 5.74) is 1.77. The monoisotopic (exact) mass is 290 g/mol. The highest BCUT2D eigenvalue weighted by Gasteiger charge is 2.36. The highest BCUT2D eigenvalue weighted by atomic mass is 16.5. The second-order valence-electron chi connectivity index (χ2n) is 5.33. The Labute approximate surface area is 122 Å². The van der Waals surface area contributed by atoms with Crippen molar-refractivity contribution in [3.8, 4) is 0 Å². The maximum atomic E-state index is 12.1. The molecule has 2 saturated heterocycles. The normalized spacial score (nSPS) is 22.7. The molecule has 2 heterocycles. The summed E-state index contributed by atoms with van der Waals surface area (Å²) < 4.78 is 5.36. The fraction of sp³-hybridized carbons (Fsp3) is 0.467. The summed E-state index contributed by atoms with van der Waals surface area (Å²) in [4.78, 5) is 27.0. The summed E-state index contributed by atoms with van der Waals surface area (Å²) in [7, 11) is 0. The van der Waals surface area contributed by atoms with Gasteiger partial charge in [-0.3, -0.25) is 9.59 Å². The lowest BCUT2D eigenvalue weighted by molar-refractivity contribution is -0.141. The number of para-hydroxylation sites is 2. The zero-order valence-electron chi connectivity index (χ0n) is 11.7. The minimum Gasteiger partial charge on any atom is -0.481 e. The number of nitrogens with zero attached hydrogens (tertiary/aromatic N) is 2. The van der Waals surface area contributed by atoms with Gasteiger partial charge in [-0.2, -0.15) is 0 Å². The first-order valence-corrected chi connectivity index (χ1v) is 7.11. The first-order chi connectivity index (χ1) is 10.2. The van der Waals surface area contributed by atoms with Gasteiger partial charge in [0.15, 0.2) is 0 Å². The predicted octanol–water partition coefficient (Wildman–Crippen LogP) is 0.961. The Bertz CT molecular complexity index is 554. The molecule has 2 aliphatic heterocycles. The first-order valence-electron chi connectivity index (χ1n) is 7.11. The molecule has 2 aliphatic rings. The van der Waals surface area contributed by atoms with Crippen LogP contribution in [0.2, 0.25) is 0 Å². The van der Waals surface area contributed by atoms with Gasteiger partial charge in [0, 0.05) is 26.1 Å². The second-order valence-corrected chi connectivity index (χ2v) is 5.33. The maximum absolute atomic E-state index is 12.1. The highest BCUT2D eigenvalue weighted by Crippen LogP contribution is 2.34. The Kier molecular flexibility index (Phi) is 3.79. The van der Waals surface area contributed by atoms with Crippen LogP contribution in [0.1, 0.15) is 6.42 Å². The number of morpholine rings is 1. The average Bonchev–Trinajstić information content (AvgIpc) is 2.90. The number of rotatable bonds is 3. The molecule has 6 heteroatoms. The number of carboxylic acid groups (broad SMARTS) is 1. The molecule has 0 radical (unpaired) electrons. The van der Waals surface area contributed by atoms with Crippen LogP contribution in [0.3, 0.4) is 0 Å². The summed E-state index contributed by atoms with van der Waals surface area (Å²) in [5.74, 6) is -1.65. The quantitative estimate of drug-likeness (QED) is 0.898. The smallest absolute Gasteiger partial charge is 0.308 e. The molecule has 0 bridgehead atoms. The van der Waals surface area contributed by atoms with E-state index in [9.17, 15) is 9.59 Å². The molecule has 3 rings (SSSR count). The molecule has 0 spiro atoms. The molecule has 112 valence electrons. The van der Waals surface area contributed by atoms with Gasteiger partial charge in [0.25, 0.3) is 0 Å². The number of amides is 1. The summed E-state index contributed by atoms with van der Waals surface area (Å²) in [6, 6.07) is 7.67. The summed E-state index contributed by atoms with van der Waals surface area (Å²) in [6.45, 7) is 3.14. The van der Waals surface area contributed by atoms with Crippen molar-refractivity contribution in [3.05, 3.63) is 24.3 Å². The number of anilines is 2. The zero-order valence-corrected chi connectivity index (χ0v) is 11.7. The van der Waals surface area contributed by atoms with Crippen molar-refractivity contribution in [1.82, 2.24) is 0 Å². The van der Waals surface area contributed by atoms with Crippen LogP contribution in [0.5, 0.6) is 0 Å². The minimum absolute atomic E-state index is 0.0762. The fourth-order valence-electron chi connectivity index (χ4n) is 2.87. The van der Waals surface area contributed by atoms with Crippen LogP contribution in [0.15, 0.2) is 24.3 Å². The topological polar surface area (TPSA) is 70.1 Å². The number of carbonyl (C=O) groups excluding carboxylic acids is 1. The standard InChI is InChI=1S/C15H18N2O4/c18-14-9-11(15(19)20)10-17(14)13-4-2-1-3-12(13)16-5-7-21-8-6-16/h1-4,11H,5-10H2,(H,19,20)/t11-/m1/s1. The number of benzene rings is 1. The van der Waals surface area contributed by atoms with Gasteiger partial charge in [0.1, 0.15) is 0 Å². The molecule has 0 aliphatic carbocycles. The largest absolute Gasteiger partial charge is 0.481 e. The molecule has 1 N–H and O–H groups in total. The van der Waals surface area contributed by atoms with Crippen molar-refractivity contribution in [2.24, 2.45) is 5.92 Å². The third-order valence-electron chi connectivity index (χ3n) is 4.00. The summed E-state index contributed by atoms with van der Waals surface area (Å²) in [5, 5.41) is 9.11. The molecule has 1 amide bonds. The van der Waals surface area contributed by atoms with Crippen LogP contribution in [0.4, 0.5) is 11.4 Å². The van der Waals surface area contributed by atoms with Gasteiger partial charge in [-0.25, -0.2) is 0 Å². The van der Waals surface area contributed by atoms with Crippen LogP contribution in [0, 0.1) is 5.92 Å². The number of carbonyl (C=O) groups is 2. The second kappa shape index (κ2) is 5.73. The van der Waals surface area contributed by atoms with Crippen LogP contribution in [0.25, 0.3) is 0 Å². The van der Waals surface area contributed by atoms with Crippen molar-refractivity contribution in [3.63, 3.8) is 0 Å². The van der Waals surface area contributed by atoms with Gasteiger partial charge >= 0.3 is 5.97 Å². The van der Waals surface area contributed by atoms with Crippen molar-refractivity contribution in [2.45, 2.75) is 6.42 Å². The lowest BCUT2D eigenvalue weighted by Gasteiger charge is -2.32. The Morgan fingerprint density at radius 1 is 1.19 bits per heavy atom. The molecule has 0 saturated carbocycles. The number of carboxylic acids is 1. The van der Waals surface area contributed by atoms with Gasteiger partial charge in [0.05, 0.1) is 30.5 Å².